The summed E-state index contributed by atoms with van der Waals surface area (Å²) in [5.74, 6) is -0.747. The van der Waals surface area contributed by atoms with Gasteiger partial charge < -0.3 is 20.4 Å². The molecule has 0 saturated carbocycles. The van der Waals surface area contributed by atoms with E-state index in [1.54, 1.807) is 12.4 Å². The molecule has 160 valence electrons. The van der Waals surface area contributed by atoms with Crippen molar-refractivity contribution in [3.8, 4) is 11.1 Å². The third-order valence-electron chi connectivity index (χ3n) is 5.00. The van der Waals surface area contributed by atoms with Gasteiger partial charge in [-0.05, 0) is 37.1 Å². The maximum atomic E-state index is 13.4. The van der Waals surface area contributed by atoms with Crippen LogP contribution in [0, 0.1) is 5.82 Å². The topological polar surface area (TPSA) is 111 Å². The number of rotatable bonds is 5. The standard InChI is InChI=1S/C21H19ClFN5O3/c22-17-8-14(1-2-18(17)23)26-21-25-11-16(12-7-13(20(30)31)10-24-9-12)19(27-21)28-5-3-15(29)4-6-28/h1-2,7-11,15,29H,3-6H2,(H,30,31)(H,25,26,27). The zero-order valence-corrected chi connectivity index (χ0v) is 17.1. The largest absolute Gasteiger partial charge is 0.478 e. The zero-order valence-electron chi connectivity index (χ0n) is 16.3. The summed E-state index contributed by atoms with van der Waals surface area (Å²) in [7, 11) is 0. The molecule has 0 atom stereocenters. The van der Waals surface area contributed by atoms with E-state index >= 15 is 0 Å². The number of carboxylic acid groups (broad SMARTS) is 1. The molecule has 10 heteroatoms. The summed E-state index contributed by atoms with van der Waals surface area (Å²) in [6.45, 7) is 1.16. The Balaban J connectivity index is 1.73. The average molecular weight is 444 g/mol. The van der Waals surface area contributed by atoms with Gasteiger partial charge in [0.05, 0.1) is 16.7 Å². The minimum atomic E-state index is -1.08. The summed E-state index contributed by atoms with van der Waals surface area (Å²) < 4.78 is 13.4. The summed E-state index contributed by atoms with van der Waals surface area (Å²) >= 11 is 5.85. The van der Waals surface area contributed by atoms with Crippen molar-refractivity contribution in [2.24, 2.45) is 0 Å². The van der Waals surface area contributed by atoms with E-state index in [0.29, 0.717) is 48.6 Å². The van der Waals surface area contributed by atoms with Crippen molar-refractivity contribution in [3.63, 3.8) is 0 Å². The number of aliphatic hydroxyl groups excluding tert-OH is 1. The molecule has 0 unspecified atom stereocenters. The predicted octanol–water partition coefficient (Wildman–Crippen LogP) is 3.73. The molecule has 31 heavy (non-hydrogen) atoms. The molecule has 2 aromatic heterocycles. The molecule has 1 fully saturated rings. The van der Waals surface area contributed by atoms with Gasteiger partial charge in [0.25, 0.3) is 0 Å². The van der Waals surface area contributed by atoms with Crippen molar-refractivity contribution in [1.82, 2.24) is 15.0 Å². The lowest BCUT2D eigenvalue weighted by molar-refractivity contribution is 0.0696. The Kier molecular flexibility index (Phi) is 5.97. The van der Waals surface area contributed by atoms with E-state index in [2.05, 4.69) is 20.3 Å². The van der Waals surface area contributed by atoms with Crippen LogP contribution in [0.4, 0.5) is 21.8 Å². The summed E-state index contributed by atoms with van der Waals surface area (Å²) in [5, 5.41) is 22.1. The van der Waals surface area contributed by atoms with Crippen LogP contribution in [0.25, 0.3) is 11.1 Å². The van der Waals surface area contributed by atoms with Crippen LogP contribution < -0.4 is 10.2 Å². The van der Waals surface area contributed by atoms with Crippen LogP contribution in [-0.4, -0.2) is 50.3 Å². The van der Waals surface area contributed by atoms with E-state index in [1.807, 2.05) is 4.90 Å². The summed E-state index contributed by atoms with van der Waals surface area (Å²) in [4.78, 5) is 26.4. The number of aromatic nitrogens is 3. The van der Waals surface area contributed by atoms with Gasteiger partial charge in [0.2, 0.25) is 5.95 Å². The lowest BCUT2D eigenvalue weighted by atomic mass is 10.0. The monoisotopic (exact) mass is 443 g/mol. The molecule has 0 amide bonds. The van der Waals surface area contributed by atoms with E-state index in [9.17, 15) is 19.4 Å². The second-order valence-corrected chi connectivity index (χ2v) is 7.58. The number of nitrogens with zero attached hydrogens (tertiary/aromatic N) is 4. The van der Waals surface area contributed by atoms with Gasteiger partial charge in [0.15, 0.2) is 0 Å². The van der Waals surface area contributed by atoms with Crippen molar-refractivity contribution < 1.29 is 19.4 Å². The molecule has 1 saturated heterocycles. The maximum Gasteiger partial charge on any atom is 0.337 e. The second kappa shape index (κ2) is 8.83. The molecular formula is C21H19ClFN5O3. The number of aromatic carboxylic acids is 1. The third kappa shape index (κ3) is 4.73. The number of halogens is 2. The Labute approximate surface area is 182 Å². The fourth-order valence-electron chi connectivity index (χ4n) is 3.36. The van der Waals surface area contributed by atoms with Crippen LogP contribution in [0.15, 0.2) is 42.9 Å². The highest BCUT2D eigenvalue weighted by molar-refractivity contribution is 6.31. The molecule has 1 aromatic carbocycles. The molecule has 0 radical (unpaired) electrons. The molecule has 0 bridgehead atoms. The normalized spacial score (nSPS) is 14.5. The van der Waals surface area contributed by atoms with Gasteiger partial charge >= 0.3 is 5.97 Å². The molecule has 0 aliphatic carbocycles. The highest BCUT2D eigenvalue weighted by Crippen LogP contribution is 2.32. The third-order valence-corrected chi connectivity index (χ3v) is 5.29. The number of benzene rings is 1. The smallest absolute Gasteiger partial charge is 0.337 e. The Morgan fingerprint density at radius 1 is 1.19 bits per heavy atom. The fraction of sp³-hybridized carbons (Fsp3) is 0.238. The number of hydrogen-bond donors (Lipinski definition) is 3. The Bertz CT molecular complexity index is 1120. The SMILES string of the molecule is O=C(O)c1cncc(-c2cnc(Nc3ccc(F)c(Cl)c3)nc2N2CCC(O)CC2)c1. The number of anilines is 3. The first kappa shape index (κ1) is 21.0. The quantitative estimate of drug-likeness (QED) is 0.547. The van der Waals surface area contributed by atoms with Gasteiger partial charge in [0, 0.05) is 48.5 Å². The molecule has 4 rings (SSSR count). The van der Waals surface area contributed by atoms with Gasteiger partial charge in [-0.1, -0.05) is 11.6 Å². The molecule has 8 nitrogen and oxygen atoms in total. The van der Waals surface area contributed by atoms with Crippen LogP contribution in [0.3, 0.4) is 0 Å². The first-order valence-electron chi connectivity index (χ1n) is 9.61. The highest BCUT2D eigenvalue weighted by atomic mass is 35.5. The Morgan fingerprint density at radius 2 is 1.97 bits per heavy atom. The van der Waals surface area contributed by atoms with Gasteiger partial charge in [-0.25, -0.2) is 14.2 Å². The number of aliphatic hydroxyl groups is 1. The summed E-state index contributed by atoms with van der Waals surface area (Å²) in [6, 6.07) is 5.72. The van der Waals surface area contributed by atoms with Gasteiger partial charge in [-0.2, -0.15) is 4.98 Å². The molecule has 1 aliphatic rings. The van der Waals surface area contributed by atoms with Crippen LogP contribution in [0.5, 0.6) is 0 Å². The van der Waals surface area contributed by atoms with E-state index in [-0.39, 0.29) is 22.6 Å². The predicted molar refractivity (Wildman–Crippen MR) is 114 cm³/mol. The van der Waals surface area contributed by atoms with Crippen molar-refractivity contribution in [1.29, 1.82) is 0 Å². The first-order chi connectivity index (χ1) is 14.9. The van der Waals surface area contributed by atoms with Crippen LogP contribution in [-0.2, 0) is 0 Å². The minimum absolute atomic E-state index is 0.0246. The van der Waals surface area contributed by atoms with Crippen molar-refractivity contribution in [3.05, 3.63) is 59.3 Å². The van der Waals surface area contributed by atoms with Crippen molar-refractivity contribution in [2.45, 2.75) is 18.9 Å². The van der Waals surface area contributed by atoms with Gasteiger partial charge in [0.1, 0.15) is 11.6 Å². The summed E-state index contributed by atoms with van der Waals surface area (Å²) in [5.41, 5.74) is 1.77. The Hall–Kier alpha value is -3.30. The van der Waals surface area contributed by atoms with E-state index < -0.39 is 11.8 Å². The highest BCUT2D eigenvalue weighted by Gasteiger charge is 2.23. The van der Waals surface area contributed by atoms with E-state index in [1.165, 1.54) is 30.5 Å². The molecular weight excluding hydrogens is 425 g/mol. The van der Waals surface area contributed by atoms with Crippen LogP contribution >= 0.6 is 11.6 Å². The molecule has 0 spiro atoms. The fourth-order valence-corrected chi connectivity index (χ4v) is 3.54. The lowest BCUT2D eigenvalue weighted by Gasteiger charge is -2.32. The van der Waals surface area contributed by atoms with E-state index in [4.69, 9.17) is 11.6 Å². The van der Waals surface area contributed by atoms with Crippen molar-refractivity contribution >= 4 is 35.0 Å². The maximum absolute atomic E-state index is 13.4. The Morgan fingerprint density at radius 3 is 2.68 bits per heavy atom. The molecule has 3 N–H and O–H groups in total. The number of carboxylic acids is 1. The van der Waals surface area contributed by atoms with Gasteiger partial charge in [-0.3, -0.25) is 4.98 Å². The minimum Gasteiger partial charge on any atom is -0.478 e. The number of piperidine rings is 1. The van der Waals surface area contributed by atoms with Gasteiger partial charge in [-0.15, -0.1) is 0 Å². The molecule has 3 heterocycles. The summed E-state index contributed by atoms with van der Waals surface area (Å²) in [6.07, 6.45) is 5.24. The number of pyridine rings is 1. The van der Waals surface area contributed by atoms with Crippen molar-refractivity contribution in [2.75, 3.05) is 23.3 Å². The van der Waals surface area contributed by atoms with Crippen LogP contribution in [0.1, 0.15) is 23.2 Å². The number of hydrogen-bond acceptors (Lipinski definition) is 7. The second-order valence-electron chi connectivity index (χ2n) is 7.17. The molecule has 1 aliphatic heterocycles. The lowest BCUT2D eigenvalue weighted by Crippen LogP contribution is -2.36. The van der Waals surface area contributed by atoms with E-state index in [0.717, 1.165) is 0 Å². The zero-order chi connectivity index (χ0) is 22.0. The number of nitrogens with one attached hydrogen (secondary N) is 1. The number of carbonyl (C=O) groups is 1. The first-order valence-corrected chi connectivity index (χ1v) is 9.99. The molecule has 3 aromatic rings. The average Bonchev–Trinajstić information content (AvgIpc) is 2.77. The van der Waals surface area contributed by atoms with Crippen LogP contribution in [0.2, 0.25) is 5.02 Å².